The normalized spacial score (nSPS) is 15.5. The molecule has 0 amide bonds. The summed E-state index contributed by atoms with van der Waals surface area (Å²) in [7, 11) is -0.0504. The van der Waals surface area contributed by atoms with Gasteiger partial charge >= 0.3 is 52.4 Å². The van der Waals surface area contributed by atoms with Crippen LogP contribution in [0.5, 0.6) is 0 Å². The average molecular weight is 902 g/mol. The minimum absolute atomic E-state index is 0. The van der Waals surface area contributed by atoms with Crippen LogP contribution < -0.4 is 35.4 Å². The summed E-state index contributed by atoms with van der Waals surface area (Å²) in [6.07, 6.45) is 25.2. The Balaban J connectivity index is 0. The van der Waals surface area contributed by atoms with Gasteiger partial charge in [-0.2, -0.15) is 24.3 Å². The minimum atomic E-state index is -0.0252. The van der Waals surface area contributed by atoms with E-state index >= 15 is 0 Å². The van der Waals surface area contributed by atoms with E-state index in [1.54, 1.807) is 10.6 Å². The Morgan fingerprint density at radius 3 is 1.10 bits per heavy atom. The maximum atomic E-state index is 2.99. The Morgan fingerprint density at radius 2 is 0.880 bits per heavy atom. The van der Waals surface area contributed by atoms with Crippen LogP contribution in [0.2, 0.25) is 0 Å². The van der Waals surface area contributed by atoms with Crippen LogP contribution in [0.25, 0.3) is 21.5 Å². The van der Waals surface area contributed by atoms with Gasteiger partial charge in [-0.05, 0) is 48.3 Å². The molecule has 0 bridgehead atoms. The summed E-state index contributed by atoms with van der Waals surface area (Å²) in [5, 5.41) is 8.85. The molecule has 0 aliphatic heterocycles. The molecule has 0 saturated carbocycles. The van der Waals surface area contributed by atoms with Crippen LogP contribution in [0, 0.1) is 12.2 Å². The zero-order valence-corrected chi connectivity index (χ0v) is 39.8. The molecule has 0 fully saturated rings. The Hall–Kier alpha value is -0.174. The van der Waals surface area contributed by atoms with E-state index in [2.05, 4.69) is 152 Å². The number of fused-ring (bicyclic) bond motifs is 2. The van der Waals surface area contributed by atoms with Crippen LogP contribution in [0.4, 0.5) is 0 Å². The largest absolute Gasteiger partial charge is 2.00 e. The Morgan fingerprint density at radius 1 is 0.560 bits per heavy atom. The van der Waals surface area contributed by atoms with Crippen molar-refractivity contribution in [2.75, 3.05) is 0 Å². The van der Waals surface area contributed by atoms with Gasteiger partial charge in [0, 0.05) is 0 Å². The standard InChI is InChI=1S/2C17H24P.2C5H5.2ClH.2Zr/c2*1-5-13(3)18(14(4)6-2)17-11-15-9-7-8-10-16(15)12-17;2*1-2-4-5-3-1;;;;/h2*7-14H,5-6H2,1-4H3;2*1-3H,4H2;2*1H;;/q4*-1;;;2*+2/p-2. The van der Waals surface area contributed by atoms with Gasteiger partial charge in [0.05, 0.1) is 0 Å². The second-order valence-corrected chi connectivity index (χ2v) is 18.7. The van der Waals surface area contributed by atoms with Crippen molar-refractivity contribution in [3.8, 4) is 0 Å². The summed E-state index contributed by atoms with van der Waals surface area (Å²) in [5.74, 6) is 0. The molecule has 2 aliphatic carbocycles. The molecule has 0 saturated heterocycles. The average Bonchev–Trinajstić information content (AvgIpc) is 3.93. The number of hydrogen-bond donors (Lipinski definition) is 0. The van der Waals surface area contributed by atoms with Crippen molar-refractivity contribution in [1.82, 2.24) is 0 Å². The fourth-order valence-corrected chi connectivity index (χ4v) is 12.4. The molecule has 0 radical (unpaired) electrons. The quantitative estimate of drug-likeness (QED) is 0.117. The number of hydrogen-bond acceptors (Lipinski definition) is 0. The van der Waals surface area contributed by atoms with Gasteiger partial charge in [-0.3, -0.25) is 12.2 Å². The second kappa shape index (κ2) is 29.2. The van der Waals surface area contributed by atoms with Gasteiger partial charge in [-0.15, -0.1) is 93.5 Å². The van der Waals surface area contributed by atoms with Gasteiger partial charge in [0.1, 0.15) is 0 Å². The van der Waals surface area contributed by atoms with Crippen molar-refractivity contribution in [3.63, 3.8) is 0 Å². The number of allylic oxidation sites excluding steroid dienone is 8. The van der Waals surface area contributed by atoms with E-state index < -0.39 is 0 Å². The molecule has 6 rings (SSSR count). The molecule has 0 aromatic heterocycles. The SMILES string of the molecule is CCC(C)P(c1cc2ccccc2[cH-]1)C(C)CC.CCC(C)P(c1cc2ccccc2[cH-]1)C(C)CC.[C-]1=CC=CC1.[C-]1=CC=CC1.[Cl-].[Cl-].[Zr+2].[Zr+2]. The van der Waals surface area contributed by atoms with Gasteiger partial charge < -0.3 is 24.8 Å². The van der Waals surface area contributed by atoms with Crippen molar-refractivity contribution in [2.45, 2.75) is 117 Å². The van der Waals surface area contributed by atoms with Crippen molar-refractivity contribution in [3.05, 3.63) is 121 Å². The van der Waals surface area contributed by atoms with E-state index in [-0.39, 0.29) is 93.1 Å². The molecule has 0 nitrogen and oxygen atoms in total. The first-order valence-electron chi connectivity index (χ1n) is 17.6. The number of halogens is 2. The van der Waals surface area contributed by atoms with Gasteiger partial charge in [-0.1, -0.05) is 83.4 Å². The number of benzene rings is 2. The Kier molecular flexibility index (Phi) is 30.3. The molecule has 4 unspecified atom stereocenters. The molecule has 268 valence electrons. The molecule has 6 heteroatoms. The Bertz CT molecular complexity index is 1330. The first-order chi connectivity index (χ1) is 22.3. The summed E-state index contributed by atoms with van der Waals surface area (Å²) < 4.78 is 0. The van der Waals surface area contributed by atoms with Crippen molar-refractivity contribution in [2.24, 2.45) is 0 Å². The molecule has 0 heterocycles. The zero-order valence-electron chi connectivity index (χ0n) is 31.6. The van der Waals surface area contributed by atoms with Crippen molar-refractivity contribution in [1.29, 1.82) is 0 Å². The molecular formula is C44H58Cl2P2Zr2-2. The smallest absolute Gasteiger partial charge is 1.00 e. The van der Waals surface area contributed by atoms with Crippen LogP contribution in [-0.4, -0.2) is 22.6 Å². The van der Waals surface area contributed by atoms with Gasteiger partial charge in [0.15, 0.2) is 0 Å². The fraction of sp³-hybridized carbons (Fsp3) is 0.409. The van der Waals surface area contributed by atoms with Crippen LogP contribution in [-0.2, 0) is 52.4 Å². The van der Waals surface area contributed by atoms with E-state index in [4.69, 9.17) is 0 Å². The second-order valence-electron chi connectivity index (χ2n) is 12.5. The third-order valence-corrected chi connectivity index (χ3v) is 16.2. The van der Waals surface area contributed by atoms with E-state index in [0.29, 0.717) is 0 Å². The molecule has 4 aromatic rings. The van der Waals surface area contributed by atoms with Gasteiger partial charge in [0.25, 0.3) is 0 Å². The maximum absolute atomic E-state index is 2.99. The summed E-state index contributed by atoms with van der Waals surface area (Å²) in [6.45, 7) is 19.0. The Labute approximate surface area is 359 Å². The minimum Gasteiger partial charge on any atom is -1.00 e. The van der Waals surface area contributed by atoms with Crippen molar-refractivity contribution >= 4 is 48.0 Å². The summed E-state index contributed by atoms with van der Waals surface area (Å²) in [4.78, 5) is 0. The third-order valence-electron chi connectivity index (χ3n) is 9.24. The molecule has 0 spiro atoms. The molecule has 2 aliphatic rings. The number of rotatable bonds is 10. The van der Waals surface area contributed by atoms with Gasteiger partial charge in [0.2, 0.25) is 0 Å². The predicted octanol–water partition coefficient (Wildman–Crippen LogP) is 7.14. The van der Waals surface area contributed by atoms with E-state index in [0.717, 1.165) is 35.5 Å². The third kappa shape index (κ3) is 16.5. The first kappa shape index (κ1) is 51.9. The topological polar surface area (TPSA) is 0 Å². The van der Waals surface area contributed by atoms with Crippen LogP contribution in [0.3, 0.4) is 0 Å². The first-order valence-corrected chi connectivity index (χ1v) is 20.6. The molecule has 4 atom stereocenters. The fourth-order valence-electron chi connectivity index (χ4n) is 5.92. The van der Waals surface area contributed by atoms with Crippen molar-refractivity contribution < 1.29 is 77.2 Å². The van der Waals surface area contributed by atoms with Gasteiger partial charge in [-0.25, -0.2) is 24.3 Å². The summed E-state index contributed by atoms with van der Waals surface area (Å²) in [6, 6.07) is 27.2. The van der Waals surface area contributed by atoms with E-state index in [9.17, 15) is 0 Å². The van der Waals surface area contributed by atoms with Crippen LogP contribution in [0.1, 0.15) is 93.9 Å². The molecule has 4 aromatic carbocycles. The van der Waals surface area contributed by atoms with Crippen LogP contribution in [0.15, 0.2) is 109 Å². The van der Waals surface area contributed by atoms with E-state index in [1.165, 1.54) is 47.2 Å². The maximum Gasteiger partial charge on any atom is 2.00 e. The summed E-state index contributed by atoms with van der Waals surface area (Å²) >= 11 is 0. The predicted molar refractivity (Wildman–Crippen MR) is 214 cm³/mol. The molecule has 50 heavy (non-hydrogen) atoms. The molecule has 0 N–H and O–H groups in total. The molecular weight excluding hydrogens is 844 g/mol. The monoisotopic (exact) mass is 898 g/mol. The van der Waals surface area contributed by atoms with E-state index in [1.807, 2.05) is 24.3 Å². The van der Waals surface area contributed by atoms with Crippen LogP contribution >= 0.6 is 15.8 Å². The zero-order chi connectivity index (χ0) is 33.3. The summed E-state index contributed by atoms with van der Waals surface area (Å²) in [5.41, 5.74) is 3.30.